The van der Waals surface area contributed by atoms with Gasteiger partial charge in [0.25, 0.3) is 5.91 Å². The Balaban J connectivity index is 1.96. The molecule has 0 unspecified atom stereocenters. The molecule has 1 aliphatic rings. The Labute approximate surface area is 229 Å². The van der Waals surface area contributed by atoms with Crippen molar-refractivity contribution in [3.8, 4) is 11.5 Å². The number of amidine groups is 1. The van der Waals surface area contributed by atoms with Gasteiger partial charge in [-0.05, 0) is 49.1 Å². The molecule has 0 saturated carbocycles. The Morgan fingerprint density at radius 1 is 1.15 bits per heavy atom. The number of fused-ring (bicyclic) bond motifs is 1. The van der Waals surface area contributed by atoms with E-state index < -0.39 is 18.0 Å². The minimum atomic E-state index is -1.09. The molecule has 10 heteroatoms. The average Bonchev–Trinajstić information content (AvgIpc) is 3.13. The first kappa shape index (κ1) is 29.5. The lowest BCUT2D eigenvalue weighted by molar-refractivity contribution is -0.139. The third-order valence-electron chi connectivity index (χ3n) is 6.33. The van der Waals surface area contributed by atoms with Gasteiger partial charge in [-0.1, -0.05) is 20.8 Å². The standard InChI is InChI=1S/C29H38N4O6/c1-16(2)39-24-11-18-13-33(27(30)19(18)12-20(24)28(37)31-6)14-23(34)17-9-21(29(3,4)5)26(38-15-25(35)36)22(10-17)32(7)8/h9-12,16,30H,13-15H2,1-8H3,(H,31,37)(H,35,36). The summed E-state index contributed by atoms with van der Waals surface area (Å²) in [7, 11) is 5.14. The van der Waals surface area contributed by atoms with Gasteiger partial charge in [-0.15, -0.1) is 0 Å². The number of amides is 1. The molecular formula is C29H38N4O6. The van der Waals surface area contributed by atoms with Gasteiger partial charge < -0.3 is 29.7 Å². The van der Waals surface area contributed by atoms with Crippen LogP contribution in [-0.4, -0.2) is 73.9 Å². The monoisotopic (exact) mass is 538 g/mol. The van der Waals surface area contributed by atoms with Crippen LogP contribution in [0.2, 0.25) is 0 Å². The topological polar surface area (TPSA) is 132 Å². The van der Waals surface area contributed by atoms with E-state index in [0.29, 0.717) is 46.0 Å². The molecule has 39 heavy (non-hydrogen) atoms. The second-order valence-electron chi connectivity index (χ2n) is 11.1. The summed E-state index contributed by atoms with van der Waals surface area (Å²) in [5.74, 6) is -0.583. The van der Waals surface area contributed by atoms with E-state index in [-0.39, 0.29) is 30.2 Å². The second-order valence-corrected chi connectivity index (χ2v) is 11.1. The van der Waals surface area contributed by atoms with Crippen molar-refractivity contribution in [3.63, 3.8) is 0 Å². The number of carboxylic acid groups (broad SMARTS) is 1. The zero-order valence-electron chi connectivity index (χ0n) is 23.9. The van der Waals surface area contributed by atoms with Crippen molar-refractivity contribution in [1.29, 1.82) is 5.41 Å². The van der Waals surface area contributed by atoms with Crippen LogP contribution in [0.4, 0.5) is 5.69 Å². The normalized spacial score (nSPS) is 12.8. The predicted octanol–water partition coefficient (Wildman–Crippen LogP) is 3.68. The molecule has 3 rings (SSSR count). The number of carbonyl (C=O) groups excluding carboxylic acids is 2. The molecule has 210 valence electrons. The first-order valence-corrected chi connectivity index (χ1v) is 12.8. The van der Waals surface area contributed by atoms with E-state index in [0.717, 1.165) is 5.56 Å². The lowest BCUT2D eigenvalue weighted by Crippen LogP contribution is -2.31. The van der Waals surface area contributed by atoms with Crippen molar-refractivity contribution in [2.75, 3.05) is 39.2 Å². The minimum absolute atomic E-state index is 0.0467. The van der Waals surface area contributed by atoms with Gasteiger partial charge in [-0.25, -0.2) is 4.79 Å². The number of nitrogens with zero attached hydrogens (tertiary/aromatic N) is 2. The summed E-state index contributed by atoms with van der Waals surface area (Å²) < 4.78 is 11.6. The van der Waals surface area contributed by atoms with E-state index in [9.17, 15) is 19.5 Å². The molecule has 2 aromatic rings. The molecule has 0 aliphatic carbocycles. The van der Waals surface area contributed by atoms with Crippen molar-refractivity contribution in [2.45, 2.75) is 52.7 Å². The Morgan fingerprint density at radius 3 is 2.36 bits per heavy atom. The van der Waals surface area contributed by atoms with Gasteiger partial charge in [0.15, 0.2) is 12.4 Å². The van der Waals surface area contributed by atoms with Gasteiger partial charge >= 0.3 is 5.97 Å². The number of aliphatic carboxylic acids is 1. The number of carbonyl (C=O) groups is 3. The summed E-state index contributed by atoms with van der Waals surface area (Å²) in [6.07, 6.45) is -0.143. The SMILES string of the molecule is CNC(=O)c1cc2c(cc1OC(C)C)CN(CC(=O)c1cc(N(C)C)c(OCC(=O)O)c(C(C)(C)C)c1)C2=N. The van der Waals surface area contributed by atoms with Crippen LogP contribution in [-0.2, 0) is 16.8 Å². The van der Waals surface area contributed by atoms with Crippen molar-refractivity contribution < 1.29 is 29.0 Å². The maximum absolute atomic E-state index is 13.6. The van der Waals surface area contributed by atoms with E-state index in [2.05, 4.69) is 5.32 Å². The number of ketones is 1. The van der Waals surface area contributed by atoms with Crippen molar-refractivity contribution in [3.05, 3.63) is 52.1 Å². The fraction of sp³-hybridized carbons (Fsp3) is 0.448. The molecule has 1 heterocycles. The fourth-order valence-electron chi connectivity index (χ4n) is 4.44. The van der Waals surface area contributed by atoms with Crippen LogP contribution >= 0.6 is 0 Å². The molecule has 1 amide bonds. The molecule has 3 N–H and O–H groups in total. The Bertz CT molecular complexity index is 1310. The highest BCUT2D eigenvalue weighted by atomic mass is 16.5. The fourth-order valence-corrected chi connectivity index (χ4v) is 4.44. The van der Waals surface area contributed by atoms with E-state index in [1.165, 1.54) is 7.05 Å². The quantitative estimate of drug-likeness (QED) is 0.390. The number of hydrogen-bond acceptors (Lipinski definition) is 7. The molecule has 0 radical (unpaired) electrons. The third-order valence-corrected chi connectivity index (χ3v) is 6.33. The number of rotatable bonds is 10. The number of hydrogen-bond donors (Lipinski definition) is 3. The predicted molar refractivity (Wildman–Crippen MR) is 150 cm³/mol. The summed E-state index contributed by atoms with van der Waals surface area (Å²) in [5.41, 5.74) is 3.03. The zero-order chi connectivity index (χ0) is 29.2. The van der Waals surface area contributed by atoms with Crippen LogP contribution < -0.4 is 19.7 Å². The smallest absolute Gasteiger partial charge is 0.341 e. The Hall–Kier alpha value is -4.08. The molecule has 0 atom stereocenters. The van der Waals surface area contributed by atoms with E-state index in [4.69, 9.17) is 14.9 Å². The summed E-state index contributed by atoms with van der Waals surface area (Å²) >= 11 is 0. The summed E-state index contributed by atoms with van der Waals surface area (Å²) in [6.45, 7) is 9.44. The van der Waals surface area contributed by atoms with Gasteiger partial charge in [0, 0.05) is 44.4 Å². The van der Waals surface area contributed by atoms with E-state index in [1.807, 2.05) is 34.6 Å². The number of benzene rings is 2. The average molecular weight is 539 g/mol. The number of ether oxygens (including phenoxy) is 2. The number of Topliss-reactive ketones (excluding diaryl/α,β-unsaturated/α-hetero) is 1. The van der Waals surface area contributed by atoms with Gasteiger partial charge in [0.05, 0.1) is 23.9 Å². The molecule has 1 aliphatic heterocycles. The highest BCUT2D eigenvalue weighted by molar-refractivity contribution is 6.08. The second kappa shape index (κ2) is 11.3. The van der Waals surface area contributed by atoms with Crippen LogP contribution in [0, 0.1) is 5.41 Å². The molecule has 0 bridgehead atoms. The van der Waals surface area contributed by atoms with Crippen LogP contribution in [0.5, 0.6) is 11.5 Å². The lowest BCUT2D eigenvalue weighted by atomic mass is 9.84. The Kier molecular flexibility index (Phi) is 8.58. The van der Waals surface area contributed by atoms with Crippen LogP contribution in [0.25, 0.3) is 0 Å². The number of carboxylic acids is 1. The maximum Gasteiger partial charge on any atom is 0.341 e. The highest BCUT2D eigenvalue weighted by Gasteiger charge is 2.31. The molecule has 0 aromatic heterocycles. The first-order chi connectivity index (χ1) is 18.1. The number of anilines is 1. The third kappa shape index (κ3) is 6.50. The maximum atomic E-state index is 13.6. The molecule has 0 fully saturated rings. The molecule has 2 aromatic carbocycles. The summed E-state index contributed by atoms with van der Waals surface area (Å²) in [5, 5.41) is 20.5. The molecule has 10 nitrogen and oxygen atoms in total. The number of nitrogens with one attached hydrogen (secondary N) is 2. The van der Waals surface area contributed by atoms with Crippen molar-refractivity contribution in [2.24, 2.45) is 0 Å². The highest BCUT2D eigenvalue weighted by Crippen LogP contribution is 2.40. The van der Waals surface area contributed by atoms with Gasteiger partial charge in [-0.2, -0.15) is 0 Å². The first-order valence-electron chi connectivity index (χ1n) is 12.8. The summed E-state index contributed by atoms with van der Waals surface area (Å²) in [4.78, 5) is 40.7. The van der Waals surface area contributed by atoms with Gasteiger partial charge in [-0.3, -0.25) is 15.0 Å². The Morgan fingerprint density at radius 2 is 1.82 bits per heavy atom. The van der Waals surface area contributed by atoms with Crippen LogP contribution in [0.15, 0.2) is 24.3 Å². The summed E-state index contributed by atoms with van der Waals surface area (Å²) in [6, 6.07) is 6.86. The molecule has 0 spiro atoms. The van der Waals surface area contributed by atoms with E-state index in [1.54, 1.807) is 48.2 Å². The van der Waals surface area contributed by atoms with E-state index >= 15 is 0 Å². The lowest BCUT2D eigenvalue weighted by Gasteiger charge is -2.28. The van der Waals surface area contributed by atoms with Crippen LogP contribution in [0.3, 0.4) is 0 Å². The van der Waals surface area contributed by atoms with Gasteiger partial charge in [0.1, 0.15) is 17.3 Å². The van der Waals surface area contributed by atoms with Crippen molar-refractivity contribution >= 4 is 29.2 Å². The minimum Gasteiger partial charge on any atom is -0.490 e. The van der Waals surface area contributed by atoms with Gasteiger partial charge in [0.2, 0.25) is 0 Å². The zero-order valence-corrected chi connectivity index (χ0v) is 23.9. The van der Waals surface area contributed by atoms with Crippen molar-refractivity contribution in [1.82, 2.24) is 10.2 Å². The molecule has 0 saturated heterocycles. The largest absolute Gasteiger partial charge is 0.490 e. The van der Waals surface area contributed by atoms with Crippen LogP contribution in [0.1, 0.15) is 72.0 Å². The molecular weight excluding hydrogens is 500 g/mol.